The molecule has 1 nitrogen and oxygen atoms in total. The third-order valence-electron chi connectivity index (χ3n) is 5.84. The summed E-state index contributed by atoms with van der Waals surface area (Å²) in [6.07, 6.45) is 4.58. The molecule has 24 heavy (non-hydrogen) atoms. The van der Waals surface area contributed by atoms with Gasteiger partial charge in [-0.3, -0.25) is 0 Å². The van der Waals surface area contributed by atoms with E-state index in [1.165, 1.54) is 19.3 Å². The monoisotopic (exact) mass is 325 g/mol. The van der Waals surface area contributed by atoms with Crippen molar-refractivity contribution in [3.05, 3.63) is 59.9 Å². The van der Waals surface area contributed by atoms with Gasteiger partial charge >= 0.3 is 0 Å². The Kier molecular flexibility index (Phi) is 5.05. The van der Waals surface area contributed by atoms with Crippen LogP contribution < -0.4 is 5.32 Å². The van der Waals surface area contributed by atoms with Gasteiger partial charge in [0.25, 0.3) is 0 Å². The number of nitrogens with one attached hydrogen (secondary N) is 1. The molecule has 2 heteroatoms. The second-order valence-corrected chi connectivity index (χ2v) is 7.31. The van der Waals surface area contributed by atoms with Crippen LogP contribution in [0.2, 0.25) is 0 Å². The van der Waals surface area contributed by atoms with Crippen LogP contribution in [0.5, 0.6) is 0 Å². The predicted octanol–water partition coefficient (Wildman–Crippen LogP) is 5.45. The Labute approximate surface area is 145 Å². The zero-order valence-electron chi connectivity index (χ0n) is 15.0. The summed E-state index contributed by atoms with van der Waals surface area (Å²) in [7, 11) is 2.05. The average Bonchev–Trinajstić information content (AvgIpc) is 3.39. The summed E-state index contributed by atoms with van der Waals surface area (Å²) in [4.78, 5) is 0. The largest absolute Gasteiger partial charge is 0.316 e. The highest BCUT2D eigenvalue weighted by molar-refractivity contribution is 5.64. The highest BCUT2D eigenvalue weighted by atomic mass is 19.1. The molecule has 0 aliphatic heterocycles. The SMILES string of the molecule is CCC1([C@H](NC)C(C)Cc2cccc(-c3ccccc3)c2F)CC1. The van der Waals surface area contributed by atoms with Gasteiger partial charge in [-0.05, 0) is 55.2 Å². The zero-order chi connectivity index (χ0) is 17.2. The van der Waals surface area contributed by atoms with E-state index in [9.17, 15) is 0 Å². The first-order chi connectivity index (χ1) is 11.6. The highest BCUT2D eigenvalue weighted by Crippen LogP contribution is 2.53. The van der Waals surface area contributed by atoms with Crippen molar-refractivity contribution in [1.82, 2.24) is 5.32 Å². The second-order valence-electron chi connectivity index (χ2n) is 7.31. The second kappa shape index (κ2) is 7.06. The Morgan fingerprint density at radius 3 is 2.38 bits per heavy atom. The van der Waals surface area contributed by atoms with Crippen LogP contribution in [0.15, 0.2) is 48.5 Å². The summed E-state index contributed by atoms with van der Waals surface area (Å²) in [5.74, 6) is 0.352. The van der Waals surface area contributed by atoms with Crippen LogP contribution in [0, 0.1) is 17.2 Å². The molecule has 0 amide bonds. The van der Waals surface area contributed by atoms with Crippen molar-refractivity contribution < 1.29 is 4.39 Å². The van der Waals surface area contributed by atoms with Crippen LogP contribution in [-0.4, -0.2) is 13.1 Å². The molecule has 0 heterocycles. The average molecular weight is 325 g/mol. The van der Waals surface area contributed by atoms with Gasteiger partial charge in [0.1, 0.15) is 5.82 Å². The van der Waals surface area contributed by atoms with E-state index in [1.807, 2.05) is 55.6 Å². The fraction of sp³-hybridized carbons (Fsp3) is 0.455. The van der Waals surface area contributed by atoms with Crippen molar-refractivity contribution in [2.45, 2.75) is 45.6 Å². The van der Waals surface area contributed by atoms with E-state index in [4.69, 9.17) is 0 Å². The standard InChI is InChI=1S/C22H28FN/c1-4-22(13-14-22)21(24-3)16(2)15-18-11-8-12-19(20(18)23)17-9-6-5-7-10-17/h5-12,16,21,24H,4,13-15H2,1-3H3/t16?,21-/m1/s1. The Bertz CT molecular complexity index is 676. The fourth-order valence-electron chi connectivity index (χ4n) is 4.28. The zero-order valence-corrected chi connectivity index (χ0v) is 15.0. The molecule has 0 aromatic heterocycles. The van der Waals surface area contributed by atoms with E-state index >= 15 is 4.39 Å². The molecule has 1 fully saturated rings. The van der Waals surface area contributed by atoms with Crippen molar-refractivity contribution in [3.8, 4) is 11.1 Å². The lowest BCUT2D eigenvalue weighted by Crippen LogP contribution is -2.41. The van der Waals surface area contributed by atoms with Gasteiger partial charge in [0.2, 0.25) is 0 Å². The molecule has 2 aromatic carbocycles. The van der Waals surface area contributed by atoms with E-state index in [-0.39, 0.29) is 5.82 Å². The van der Waals surface area contributed by atoms with Gasteiger partial charge in [0.15, 0.2) is 0 Å². The summed E-state index contributed by atoms with van der Waals surface area (Å²) in [5, 5.41) is 3.52. The quantitative estimate of drug-likeness (QED) is 0.714. The molecule has 1 saturated carbocycles. The molecule has 0 radical (unpaired) electrons. The lowest BCUT2D eigenvalue weighted by Gasteiger charge is -2.31. The maximum Gasteiger partial charge on any atom is 0.134 e. The minimum absolute atomic E-state index is 0.0632. The minimum atomic E-state index is -0.0632. The van der Waals surface area contributed by atoms with Crippen LogP contribution in [0.4, 0.5) is 4.39 Å². The molecule has 1 aliphatic carbocycles. The van der Waals surface area contributed by atoms with E-state index in [2.05, 4.69) is 19.2 Å². The molecule has 3 rings (SSSR count). The number of hydrogen-bond acceptors (Lipinski definition) is 1. The first-order valence-electron chi connectivity index (χ1n) is 9.11. The smallest absolute Gasteiger partial charge is 0.134 e. The topological polar surface area (TPSA) is 12.0 Å². The number of hydrogen-bond donors (Lipinski definition) is 1. The van der Waals surface area contributed by atoms with E-state index < -0.39 is 0 Å². The maximum atomic E-state index is 15.1. The molecular formula is C22H28FN. The molecule has 1 N–H and O–H groups in total. The molecule has 2 aromatic rings. The van der Waals surface area contributed by atoms with Gasteiger partial charge in [-0.15, -0.1) is 0 Å². The molecule has 0 saturated heterocycles. The maximum absolute atomic E-state index is 15.1. The van der Waals surface area contributed by atoms with Gasteiger partial charge in [-0.25, -0.2) is 4.39 Å². The van der Waals surface area contributed by atoms with Crippen molar-refractivity contribution in [2.24, 2.45) is 11.3 Å². The van der Waals surface area contributed by atoms with Crippen LogP contribution in [0.3, 0.4) is 0 Å². The molecular weight excluding hydrogens is 297 g/mol. The molecule has 128 valence electrons. The van der Waals surface area contributed by atoms with Gasteiger partial charge < -0.3 is 5.32 Å². The highest BCUT2D eigenvalue weighted by Gasteiger charge is 2.48. The predicted molar refractivity (Wildman–Crippen MR) is 99.5 cm³/mol. The van der Waals surface area contributed by atoms with E-state index in [1.54, 1.807) is 0 Å². The Balaban J connectivity index is 1.83. The van der Waals surface area contributed by atoms with Gasteiger partial charge in [-0.1, -0.05) is 62.4 Å². The van der Waals surface area contributed by atoms with Crippen LogP contribution in [-0.2, 0) is 6.42 Å². The lowest BCUT2D eigenvalue weighted by molar-refractivity contribution is 0.253. The van der Waals surface area contributed by atoms with Crippen molar-refractivity contribution >= 4 is 0 Å². The van der Waals surface area contributed by atoms with Gasteiger partial charge in [-0.2, -0.15) is 0 Å². The van der Waals surface area contributed by atoms with Crippen LogP contribution in [0.25, 0.3) is 11.1 Å². The van der Waals surface area contributed by atoms with Gasteiger partial charge in [0, 0.05) is 11.6 Å². The van der Waals surface area contributed by atoms with Crippen LogP contribution in [0.1, 0.15) is 38.7 Å². The van der Waals surface area contributed by atoms with Crippen LogP contribution >= 0.6 is 0 Å². The van der Waals surface area contributed by atoms with E-state index in [0.29, 0.717) is 22.9 Å². The third kappa shape index (κ3) is 3.25. The normalized spacial score (nSPS) is 18.2. The van der Waals surface area contributed by atoms with Gasteiger partial charge in [0.05, 0.1) is 0 Å². The van der Waals surface area contributed by atoms with Crippen molar-refractivity contribution in [2.75, 3.05) is 7.05 Å². The summed E-state index contributed by atoms with van der Waals surface area (Å²) in [6, 6.07) is 16.1. The molecule has 1 unspecified atom stereocenters. The summed E-state index contributed by atoms with van der Waals surface area (Å²) >= 11 is 0. The minimum Gasteiger partial charge on any atom is -0.316 e. The molecule has 0 bridgehead atoms. The first kappa shape index (κ1) is 17.2. The Hall–Kier alpha value is -1.67. The van der Waals surface area contributed by atoms with Crippen molar-refractivity contribution in [3.63, 3.8) is 0 Å². The van der Waals surface area contributed by atoms with Crippen molar-refractivity contribution in [1.29, 1.82) is 0 Å². The van der Waals surface area contributed by atoms with E-state index in [0.717, 1.165) is 17.5 Å². The molecule has 0 spiro atoms. The molecule has 2 atom stereocenters. The first-order valence-corrected chi connectivity index (χ1v) is 9.11. The Morgan fingerprint density at radius 2 is 1.79 bits per heavy atom. The fourth-order valence-corrected chi connectivity index (χ4v) is 4.28. The number of rotatable bonds is 7. The summed E-state index contributed by atoms with van der Waals surface area (Å²) in [5.41, 5.74) is 2.91. The third-order valence-corrected chi connectivity index (χ3v) is 5.84. The number of benzene rings is 2. The lowest BCUT2D eigenvalue weighted by atomic mass is 9.81. The molecule has 1 aliphatic rings. The summed E-state index contributed by atoms with van der Waals surface area (Å²) < 4.78 is 15.1. The summed E-state index contributed by atoms with van der Waals surface area (Å²) in [6.45, 7) is 4.53. The number of halogens is 1. The Morgan fingerprint density at radius 1 is 1.08 bits per heavy atom.